The molecule has 8 nitrogen and oxygen atoms in total. The Kier molecular flexibility index (Phi) is 11.1. The normalized spacial score (nSPS) is 12.7. The van der Waals surface area contributed by atoms with Crippen LogP contribution in [0.25, 0.3) is 0 Å². The monoisotopic (exact) mass is 565 g/mol. The van der Waals surface area contributed by atoms with Gasteiger partial charge in [0.15, 0.2) is 0 Å². The molecular formula is C31H39N3O5S. The lowest BCUT2D eigenvalue weighted by molar-refractivity contribution is -0.139. The van der Waals surface area contributed by atoms with E-state index in [1.54, 1.807) is 49.4 Å². The smallest absolute Gasteiger partial charge is 0.264 e. The zero-order valence-electron chi connectivity index (χ0n) is 23.6. The first-order chi connectivity index (χ1) is 19.2. The fraction of sp³-hybridized carbons (Fsp3) is 0.355. The first kappa shape index (κ1) is 30.7. The van der Waals surface area contributed by atoms with Gasteiger partial charge in [0.05, 0.1) is 17.2 Å². The highest BCUT2D eigenvalue weighted by molar-refractivity contribution is 7.92. The van der Waals surface area contributed by atoms with Crippen molar-refractivity contribution in [1.29, 1.82) is 0 Å². The molecule has 214 valence electrons. The molecule has 3 rings (SSSR count). The topological polar surface area (TPSA) is 96.0 Å². The van der Waals surface area contributed by atoms with Crippen LogP contribution in [0.5, 0.6) is 5.75 Å². The predicted molar refractivity (Wildman–Crippen MR) is 158 cm³/mol. The molecule has 9 heteroatoms. The molecular weight excluding hydrogens is 526 g/mol. The molecule has 0 heterocycles. The van der Waals surface area contributed by atoms with Gasteiger partial charge < -0.3 is 15.0 Å². The standard InChI is InChI=1S/C31H39N3O5S/c1-5-24(3)32-31(36)25(4)33(22-21-26-13-9-7-10-14-26)30(35)23-34(27-17-19-28(20-18-27)39-6-2)40(37,38)29-15-11-8-12-16-29/h7-20,24-25H,5-6,21-23H2,1-4H3,(H,32,36)/t24-,25-/m1/s1. The number of hydrogen-bond acceptors (Lipinski definition) is 5. The molecule has 40 heavy (non-hydrogen) atoms. The Hall–Kier alpha value is -3.85. The van der Waals surface area contributed by atoms with Crippen LogP contribution in [0.15, 0.2) is 89.8 Å². The van der Waals surface area contributed by atoms with Crippen LogP contribution in [0.3, 0.4) is 0 Å². The molecule has 0 aromatic heterocycles. The van der Waals surface area contributed by atoms with Gasteiger partial charge in [0.1, 0.15) is 18.3 Å². The van der Waals surface area contributed by atoms with Gasteiger partial charge >= 0.3 is 0 Å². The number of amides is 2. The molecule has 0 spiro atoms. The average Bonchev–Trinajstić information content (AvgIpc) is 2.97. The van der Waals surface area contributed by atoms with E-state index in [9.17, 15) is 18.0 Å². The van der Waals surface area contributed by atoms with E-state index in [1.807, 2.05) is 51.1 Å². The second kappa shape index (κ2) is 14.5. The third-order valence-electron chi connectivity index (χ3n) is 6.70. The number of carbonyl (C=O) groups excluding carboxylic acids is 2. The number of carbonyl (C=O) groups is 2. The maximum absolute atomic E-state index is 13.9. The molecule has 2 atom stereocenters. The summed E-state index contributed by atoms with van der Waals surface area (Å²) < 4.78 is 34.2. The van der Waals surface area contributed by atoms with Crippen LogP contribution in [-0.4, -0.2) is 56.9 Å². The lowest BCUT2D eigenvalue weighted by atomic mass is 10.1. The van der Waals surface area contributed by atoms with Crippen LogP contribution in [0, 0.1) is 0 Å². The van der Waals surface area contributed by atoms with Gasteiger partial charge in [-0.2, -0.15) is 0 Å². The fourth-order valence-electron chi connectivity index (χ4n) is 4.16. The van der Waals surface area contributed by atoms with Gasteiger partial charge in [-0.25, -0.2) is 8.42 Å². The first-order valence-corrected chi connectivity index (χ1v) is 15.1. The van der Waals surface area contributed by atoms with E-state index in [0.29, 0.717) is 24.5 Å². The summed E-state index contributed by atoms with van der Waals surface area (Å²) in [7, 11) is -4.10. The molecule has 2 amide bonds. The Balaban J connectivity index is 1.96. The van der Waals surface area contributed by atoms with Crippen molar-refractivity contribution in [3.8, 4) is 5.75 Å². The summed E-state index contributed by atoms with van der Waals surface area (Å²) in [6.07, 6.45) is 1.26. The van der Waals surface area contributed by atoms with Crippen molar-refractivity contribution in [3.05, 3.63) is 90.5 Å². The van der Waals surface area contributed by atoms with Crippen molar-refractivity contribution < 1.29 is 22.7 Å². The van der Waals surface area contributed by atoms with Gasteiger partial charge in [0, 0.05) is 12.6 Å². The zero-order valence-corrected chi connectivity index (χ0v) is 24.4. The summed E-state index contributed by atoms with van der Waals surface area (Å²) in [6.45, 7) is 7.66. The largest absolute Gasteiger partial charge is 0.494 e. The van der Waals surface area contributed by atoms with Crippen LogP contribution in [0.1, 0.15) is 39.7 Å². The molecule has 0 saturated carbocycles. The van der Waals surface area contributed by atoms with Crippen LogP contribution in [-0.2, 0) is 26.0 Å². The maximum Gasteiger partial charge on any atom is 0.264 e. The highest BCUT2D eigenvalue weighted by Gasteiger charge is 2.32. The predicted octanol–water partition coefficient (Wildman–Crippen LogP) is 4.66. The van der Waals surface area contributed by atoms with Crippen LogP contribution < -0.4 is 14.4 Å². The molecule has 0 saturated heterocycles. The van der Waals surface area contributed by atoms with Crippen molar-refractivity contribution in [2.24, 2.45) is 0 Å². The molecule has 0 aliphatic heterocycles. The molecule has 0 aliphatic rings. The molecule has 0 unspecified atom stereocenters. The summed E-state index contributed by atoms with van der Waals surface area (Å²) in [5.41, 5.74) is 1.33. The SMILES string of the molecule is CCOc1ccc(N(CC(=O)N(CCc2ccccc2)[C@H](C)C(=O)N[C@H](C)CC)S(=O)(=O)c2ccccc2)cc1. The van der Waals surface area contributed by atoms with Gasteiger partial charge in [0.2, 0.25) is 11.8 Å². The summed E-state index contributed by atoms with van der Waals surface area (Å²) in [5.74, 6) is -0.167. The van der Waals surface area contributed by atoms with Gasteiger partial charge in [-0.3, -0.25) is 13.9 Å². The molecule has 0 aliphatic carbocycles. The van der Waals surface area contributed by atoms with Crippen LogP contribution in [0.4, 0.5) is 5.69 Å². The molecule has 3 aromatic carbocycles. The first-order valence-electron chi connectivity index (χ1n) is 13.6. The van der Waals surface area contributed by atoms with E-state index in [1.165, 1.54) is 17.0 Å². The molecule has 0 radical (unpaired) electrons. The van der Waals surface area contributed by atoms with E-state index in [4.69, 9.17) is 4.74 Å². The number of ether oxygens (including phenoxy) is 1. The Morgan fingerprint density at radius 2 is 1.48 bits per heavy atom. The Morgan fingerprint density at radius 1 is 0.875 bits per heavy atom. The maximum atomic E-state index is 13.9. The van der Waals surface area contributed by atoms with Crippen molar-refractivity contribution in [2.45, 2.75) is 57.5 Å². The van der Waals surface area contributed by atoms with Gasteiger partial charge in [0.25, 0.3) is 10.0 Å². The lowest BCUT2D eigenvalue weighted by Crippen LogP contribution is -2.53. The number of anilines is 1. The van der Waals surface area contributed by atoms with Gasteiger partial charge in [-0.05, 0) is 75.6 Å². The fourth-order valence-corrected chi connectivity index (χ4v) is 5.59. The number of benzene rings is 3. The summed E-state index contributed by atoms with van der Waals surface area (Å²) in [6, 6.07) is 23.4. The number of nitrogens with zero attached hydrogens (tertiary/aromatic N) is 2. The minimum atomic E-state index is -4.10. The Labute approximate surface area is 238 Å². The van der Waals surface area contributed by atoms with Crippen LogP contribution >= 0.6 is 0 Å². The quantitative estimate of drug-likeness (QED) is 0.307. The molecule has 3 aromatic rings. The minimum absolute atomic E-state index is 0.0557. The molecule has 1 N–H and O–H groups in total. The zero-order chi connectivity index (χ0) is 29.1. The second-order valence-electron chi connectivity index (χ2n) is 9.57. The highest BCUT2D eigenvalue weighted by atomic mass is 32.2. The number of sulfonamides is 1. The van der Waals surface area contributed by atoms with Crippen LogP contribution in [0.2, 0.25) is 0 Å². The third-order valence-corrected chi connectivity index (χ3v) is 8.49. The van der Waals surface area contributed by atoms with Crippen molar-refractivity contribution in [2.75, 3.05) is 24.0 Å². The molecule has 0 fully saturated rings. The third kappa shape index (κ3) is 8.08. The van der Waals surface area contributed by atoms with E-state index in [0.717, 1.165) is 16.3 Å². The minimum Gasteiger partial charge on any atom is -0.494 e. The lowest BCUT2D eigenvalue weighted by Gasteiger charge is -2.32. The number of rotatable bonds is 14. The van der Waals surface area contributed by atoms with Crippen molar-refractivity contribution in [1.82, 2.24) is 10.2 Å². The summed E-state index contributed by atoms with van der Waals surface area (Å²) in [4.78, 5) is 28.5. The Bertz CT molecular complexity index is 1330. The molecule has 0 bridgehead atoms. The number of nitrogens with one attached hydrogen (secondary N) is 1. The van der Waals surface area contributed by atoms with Gasteiger partial charge in [-0.1, -0.05) is 55.5 Å². The van der Waals surface area contributed by atoms with Crippen molar-refractivity contribution >= 4 is 27.5 Å². The van der Waals surface area contributed by atoms with E-state index >= 15 is 0 Å². The van der Waals surface area contributed by atoms with E-state index < -0.39 is 28.5 Å². The number of hydrogen-bond donors (Lipinski definition) is 1. The van der Waals surface area contributed by atoms with Gasteiger partial charge in [-0.15, -0.1) is 0 Å². The van der Waals surface area contributed by atoms with Crippen molar-refractivity contribution in [3.63, 3.8) is 0 Å². The summed E-state index contributed by atoms with van der Waals surface area (Å²) >= 11 is 0. The van der Waals surface area contributed by atoms with E-state index in [2.05, 4.69) is 5.32 Å². The Morgan fingerprint density at radius 3 is 2.05 bits per heavy atom. The van der Waals surface area contributed by atoms with E-state index in [-0.39, 0.29) is 23.4 Å². The highest BCUT2D eigenvalue weighted by Crippen LogP contribution is 2.26. The average molecular weight is 566 g/mol. The summed E-state index contributed by atoms with van der Waals surface area (Å²) in [5, 5.41) is 2.94. The second-order valence-corrected chi connectivity index (χ2v) is 11.4.